The highest BCUT2D eigenvalue weighted by Crippen LogP contribution is 2.40. The van der Waals surface area contributed by atoms with Crippen molar-refractivity contribution in [2.24, 2.45) is 0 Å². The number of ether oxygens (including phenoxy) is 1. The molecule has 0 amide bonds. The van der Waals surface area contributed by atoms with E-state index in [0.29, 0.717) is 17.7 Å². The van der Waals surface area contributed by atoms with E-state index >= 15 is 0 Å². The molecule has 0 fully saturated rings. The summed E-state index contributed by atoms with van der Waals surface area (Å²) in [5, 5.41) is 0.858. The summed E-state index contributed by atoms with van der Waals surface area (Å²) < 4.78 is 11.4. The average Bonchev–Trinajstić information content (AvgIpc) is 2.97. The Bertz CT molecular complexity index is 786. The molecule has 0 N–H and O–H groups in total. The van der Waals surface area contributed by atoms with Crippen LogP contribution in [0.1, 0.15) is 28.4 Å². The Balaban J connectivity index is 1.85. The maximum absolute atomic E-state index is 12.3. The number of carbonyl (C=O) groups is 1. The largest absolute Gasteiger partial charge is 0.484 e. The molecule has 1 aromatic heterocycles. The topological polar surface area (TPSA) is 39.4 Å². The number of fused-ring (bicyclic) bond motifs is 3. The summed E-state index contributed by atoms with van der Waals surface area (Å²) in [7, 11) is 0. The third-order valence-electron chi connectivity index (χ3n) is 3.69. The molecule has 0 radical (unpaired) electrons. The van der Waals surface area contributed by atoms with E-state index in [2.05, 4.69) is 0 Å². The smallest absolute Gasteiger partial charge is 0.170 e. The SMILES string of the molecule is O=C1C[C@@H](c2ccccc2)Oc2c1ccc1occc21. The minimum atomic E-state index is -0.225. The summed E-state index contributed by atoms with van der Waals surface area (Å²) in [6.45, 7) is 0. The lowest BCUT2D eigenvalue weighted by Gasteiger charge is -2.25. The Labute approximate surface area is 115 Å². The highest BCUT2D eigenvalue weighted by Gasteiger charge is 2.29. The van der Waals surface area contributed by atoms with E-state index in [1.54, 1.807) is 12.3 Å². The molecule has 1 aliphatic heterocycles. The van der Waals surface area contributed by atoms with E-state index in [1.165, 1.54) is 0 Å². The van der Waals surface area contributed by atoms with E-state index in [0.717, 1.165) is 16.5 Å². The maximum atomic E-state index is 12.3. The normalized spacial score (nSPS) is 17.8. The molecule has 0 unspecified atom stereocenters. The predicted molar refractivity (Wildman–Crippen MR) is 75.0 cm³/mol. The van der Waals surface area contributed by atoms with Crippen LogP contribution in [0, 0.1) is 0 Å². The van der Waals surface area contributed by atoms with Gasteiger partial charge >= 0.3 is 0 Å². The van der Waals surface area contributed by atoms with Crippen molar-refractivity contribution in [2.45, 2.75) is 12.5 Å². The summed E-state index contributed by atoms with van der Waals surface area (Å²) in [6, 6.07) is 15.3. The molecule has 1 atom stereocenters. The maximum Gasteiger partial charge on any atom is 0.170 e. The number of benzene rings is 2. The van der Waals surface area contributed by atoms with Crippen molar-refractivity contribution in [1.82, 2.24) is 0 Å². The second-order valence-electron chi connectivity index (χ2n) is 4.92. The second-order valence-corrected chi connectivity index (χ2v) is 4.92. The summed E-state index contributed by atoms with van der Waals surface area (Å²) >= 11 is 0. The molecule has 1 aliphatic rings. The molecular weight excluding hydrogens is 252 g/mol. The van der Waals surface area contributed by atoms with Gasteiger partial charge in [-0.25, -0.2) is 0 Å². The molecule has 2 heterocycles. The van der Waals surface area contributed by atoms with Gasteiger partial charge in [-0.15, -0.1) is 0 Å². The van der Waals surface area contributed by atoms with Crippen LogP contribution in [0.2, 0.25) is 0 Å². The van der Waals surface area contributed by atoms with E-state index in [9.17, 15) is 4.79 Å². The Kier molecular flexibility index (Phi) is 2.39. The summed E-state index contributed by atoms with van der Waals surface area (Å²) in [5.41, 5.74) is 2.41. The minimum Gasteiger partial charge on any atom is -0.484 e. The second kappa shape index (κ2) is 4.23. The minimum absolute atomic E-state index is 0.114. The number of ketones is 1. The van der Waals surface area contributed by atoms with Crippen molar-refractivity contribution in [2.75, 3.05) is 0 Å². The third-order valence-corrected chi connectivity index (χ3v) is 3.69. The van der Waals surface area contributed by atoms with Crippen LogP contribution in [-0.2, 0) is 0 Å². The fourth-order valence-electron chi connectivity index (χ4n) is 2.68. The van der Waals surface area contributed by atoms with Crippen LogP contribution in [0.4, 0.5) is 0 Å². The first-order chi connectivity index (χ1) is 9.83. The van der Waals surface area contributed by atoms with Crippen molar-refractivity contribution in [1.29, 1.82) is 0 Å². The van der Waals surface area contributed by atoms with Gasteiger partial charge in [-0.1, -0.05) is 30.3 Å². The quantitative estimate of drug-likeness (QED) is 0.663. The molecule has 2 aromatic carbocycles. The molecule has 0 bridgehead atoms. The Morgan fingerprint density at radius 2 is 1.85 bits per heavy atom. The van der Waals surface area contributed by atoms with Gasteiger partial charge in [0, 0.05) is 0 Å². The van der Waals surface area contributed by atoms with Gasteiger partial charge in [0.1, 0.15) is 17.4 Å². The first-order valence-electron chi connectivity index (χ1n) is 6.58. The van der Waals surface area contributed by atoms with Gasteiger partial charge in [0.2, 0.25) is 0 Å². The van der Waals surface area contributed by atoms with Gasteiger partial charge in [-0.2, -0.15) is 0 Å². The van der Waals surface area contributed by atoms with Crippen molar-refractivity contribution in [3.05, 3.63) is 65.9 Å². The zero-order chi connectivity index (χ0) is 13.5. The van der Waals surface area contributed by atoms with Gasteiger partial charge in [-0.3, -0.25) is 4.79 Å². The van der Waals surface area contributed by atoms with Gasteiger partial charge < -0.3 is 9.15 Å². The fraction of sp³-hybridized carbons (Fsp3) is 0.118. The number of hydrogen-bond donors (Lipinski definition) is 0. The number of carbonyl (C=O) groups excluding carboxylic acids is 1. The molecule has 0 aliphatic carbocycles. The fourth-order valence-corrected chi connectivity index (χ4v) is 2.68. The highest BCUT2D eigenvalue weighted by atomic mass is 16.5. The van der Waals surface area contributed by atoms with Gasteiger partial charge in [-0.05, 0) is 23.8 Å². The zero-order valence-electron chi connectivity index (χ0n) is 10.7. The van der Waals surface area contributed by atoms with Crippen LogP contribution >= 0.6 is 0 Å². The van der Waals surface area contributed by atoms with Crippen LogP contribution in [0.15, 0.2) is 59.2 Å². The number of furan rings is 1. The highest BCUT2D eigenvalue weighted by molar-refractivity contribution is 6.05. The van der Waals surface area contributed by atoms with Gasteiger partial charge in [0.25, 0.3) is 0 Å². The molecule has 3 heteroatoms. The summed E-state index contributed by atoms with van der Waals surface area (Å²) in [6.07, 6.45) is 1.77. The van der Waals surface area contributed by atoms with E-state index in [-0.39, 0.29) is 11.9 Å². The molecule has 3 nitrogen and oxygen atoms in total. The van der Waals surface area contributed by atoms with Crippen molar-refractivity contribution >= 4 is 16.8 Å². The molecular formula is C17H12O3. The number of rotatable bonds is 1. The number of hydrogen-bond acceptors (Lipinski definition) is 3. The van der Waals surface area contributed by atoms with Gasteiger partial charge in [0.15, 0.2) is 5.78 Å². The first kappa shape index (κ1) is 11.3. The molecule has 0 saturated heterocycles. The van der Waals surface area contributed by atoms with Crippen LogP contribution < -0.4 is 4.74 Å². The lowest BCUT2D eigenvalue weighted by Crippen LogP contribution is -2.20. The third kappa shape index (κ3) is 1.63. The van der Waals surface area contributed by atoms with E-state index in [1.807, 2.05) is 42.5 Å². The lowest BCUT2D eigenvalue weighted by molar-refractivity contribution is 0.0853. The van der Waals surface area contributed by atoms with Crippen LogP contribution in [0.3, 0.4) is 0 Å². The Morgan fingerprint density at radius 1 is 1.00 bits per heavy atom. The monoisotopic (exact) mass is 264 g/mol. The molecule has 20 heavy (non-hydrogen) atoms. The van der Waals surface area contributed by atoms with Crippen LogP contribution in [0.5, 0.6) is 5.75 Å². The van der Waals surface area contributed by atoms with Crippen molar-refractivity contribution < 1.29 is 13.9 Å². The molecule has 4 rings (SSSR count). The Hall–Kier alpha value is -2.55. The van der Waals surface area contributed by atoms with Crippen molar-refractivity contribution in [3.63, 3.8) is 0 Å². The van der Waals surface area contributed by atoms with E-state index in [4.69, 9.17) is 9.15 Å². The number of Topliss-reactive ketones (excluding diaryl/α,β-unsaturated/α-hetero) is 1. The zero-order valence-corrected chi connectivity index (χ0v) is 10.7. The average molecular weight is 264 g/mol. The molecule has 0 saturated carbocycles. The first-order valence-corrected chi connectivity index (χ1v) is 6.58. The predicted octanol–water partition coefficient (Wildman–Crippen LogP) is 4.14. The van der Waals surface area contributed by atoms with Crippen LogP contribution in [0.25, 0.3) is 11.0 Å². The summed E-state index contributed by atoms with van der Waals surface area (Å²) in [5.74, 6) is 0.754. The lowest BCUT2D eigenvalue weighted by atomic mass is 9.95. The van der Waals surface area contributed by atoms with Crippen LogP contribution in [-0.4, -0.2) is 5.78 Å². The molecule has 98 valence electrons. The van der Waals surface area contributed by atoms with Crippen molar-refractivity contribution in [3.8, 4) is 5.75 Å². The Morgan fingerprint density at radius 3 is 2.70 bits per heavy atom. The molecule has 3 aromatic rings. The van der Waals surface area contributed by atoms with Gasteiger partial charge in [0.05, 0.1) is 23.6 Å². The van der Waals surface area contributed by atoms with E-state index < -0.39 is 0 Å². The standard InChI is InChI=1S/C17H12O3/c18-14-10-16(11-4-2-1-3-5-11)20-17-12(14)6-7-15-13(17)8-9-19-15/h1-9,16H,10H2/t16-/m0/s1. The summed E-state index contributed by atoms with van der Waals surface area (Å²) in [4.78, 5) is 12.3. The molecule has 0 spiro atoms.